The number of halogens is 2. The predicted molar refractivity (Wildman–Crippen MR) is 84.3 cm³/mol. The lowest BCUT2D eigenvalue weighted by molar-refractivity contribution is -0.143. The molecule has 1 aliphatic heterocycles. The van der Waals surface area contributed by atoms with E-state index >= 15 is 0 Å². The van der Waals surface area contributed by atoms with Crippen molar-refractivity contribution >= 4 is 52.6 Å². The molecule has 5 amide bonds. The number of imide groups is 2. The van der Waals surface area contributed by atoms with Gasteiger partial charge in [0.1, 0.15) is 6.54 Å². The molecular weight excluding hydrogens is 345 g/mol. The first-order chi connectivity index (χ1) is 10.8. The molecule has 1 saturated heterocycles. The molecule has 23 heavy (non-hydrogen) atoms. The van der Waals surface area contributed by atoms with Crippen molar-refractivity contribution in [2.45, 2.75) is 13.8 Å². The molecule has 1 aromatic carbocycles. The summed E-state index contributed by atoms with van der Waals surface area (Å²) in [5.41, 5.74) is 0.892. The van der Waals surface area contributed by atoms with Gasteiger partial charge in [-0.2, -0.15) is 0 Å². The van der Waals surface area contributed by atoms with Crippen LogP contribution in [0.4, 0.5) is 10.5 Å². The van der Waals surface area contributed by atoms with Gasteiger partial charge in [0, 0.05) is 6.54 Å². The molecule has 0 radical (unpaired) electrons. The molecule has 0 spiro atoms. The zero-order chi connectivity index (χ0) is 17.3. The molecular formula is C14H13Cl2N3O4. The molecule has 1 aromatic rings. The number of likely N-dealkylation sites (N-methyl/N-ethyl adjacent to an activating group) is 1. The van der Waals surface area contributed by atoms with Crippen molar-refractivity contribution in [1.82, 2.24) is 9.80 Å². The normalized spacial score (nSPS) is 14.7. The summed E-state index contributed by atoms with van der Waals surface area (Å²) >= 11 is 12.1. The van der Waals surface area contributed by atoms with Crippen molar-refractivity contribution in [1.29, 1.82) is 0 Å². The van der Waals surface area contributed by atoms with Crippen LogP contribution < -0.4 is 5.32 Å². The number of benzene rings is 1. The Labute approximate surface area is 142 Å². The van der Waals surface area contributed by atoms with Crippen LogP contribution in [-0.4, -0.2) is 46.6 Å². The van der Waals surface area contributed by atoms with Gasteiger partial charge in [0.25, 0.3) is 0 Å². The third kappa shape index (κ3) is 3.16. The molecule has 1 aliphatic rings. The van der Waals surface area contributed by atoms with E-state index in [4.69, 9.17) is 23.2 Å². The molecule has 0 atom stereocenters. The second-order valence-corrected chi connectivity index (χ2v) is 5.61. The molecule has 1 heterocycles. The number of rotatable bonds is 4. The number of aryl methyl sites for hydroxylation is 1. The fourth-order valence-electron chi connectivity index (χ4n) is 2.06. The van der Waals surface area contributed by atoms with Crippen molar-refractivity contribution < 1.29 is 19.2 Å². The van der Waals surface area contributed by atoms with Crippen molar-refractivity contribution in [3.05, 3.63) is 27.7 Å². The molecule has 1 N–H and O–H groups in total. The summed E-state index contributed by atoms with van der Waals surface area (Å²) in [5.74, 6) is -2.67. The van der Waals surface area contributed by atoms with Crippen LogP contribution in [0.25, 0.3) is 0 Å². The van der Waals surface area contributed by atoms with Crippen molar-refractivity contribution in [2.75, 3.05) is 18.4 Å². The first-order valence-corrected chi connectivity index (χ1v) is 7.45. The fraction of sp³-hybridized carbons (Fsp3) is 0.286. The molecule has 0 unspecified atom stereocenters. The Morgan fingerprint density at radius 1 is 1.13 bits per heavy atom. The van der Waals surface area contributed by atoms with Gasteiger partial charge in [-0.05, 0) is 25.5 Å². The van der Waals surface area contributed by atoms with Crippen molar-refractivity contribution in [3.8, 4) is 0 Å². The maximum Gasteiger partial charge on any atom is 0.334 e. The lowest BCUT2D eigenvalue weighted by Crippen LogP contribution is -2.39. The molecule has 0 aliphatic carbocycles. The summed E-state index contributed by atoms with van der Waals surface area (Å²) < 4.78 is 0. The summed E-state index contributed by atoms with van der Waals surface area (Å²) in [6, 6.07) is 2.43. The zero-order valence-corrected chi connectivity index (χ0v) is 13.9. The highest BCUT2D eigenvalue weighted by Crippen LogP contribution is 2.32. The number of anilines is 1. The van der Waals surface area contributed by atoms with E-state index in [1.54, 1.807) is 26.0 Å². The Morgan fingerprint density at radius 3 is 2.30 bits per heavy atom. The number of carbonyl (C=O) groups excluding carboxylic acids is 4. The number of urea groups is 1. The van der Waals surface area contributed by atoms with Crippen LogP contribution in [-0.2, 0) is 14.4 Å². The quantitative estimate of drug-likeness (QED) is 0.659. The number of hydrogen-bond acceptors (Lipinski definition) is 4. The Balaban J connectivity index is 2.15. The van der Waals surface area contributed by atoms with Crippen LogP contribution in [0, 0.1) is 6.92 Å². The van der Waals surface area contributed by atoms with Gasteiger partial charge in [0.2, 0.25) is 5.91 Å². The standard InChI is InChI=1S/C14H13Cl2N3O4/c1-3-18-12(21)13(22)19(14(18)23)6-9(20)17-11-8(15)5-4-7(2)10(11)16/h4-5H,3,6H2,1-2H3,(H,17,20). The smallest absolute Gasteiger partial charge is 0.322 e. The molecule has 0 aromatic heterocycles. The van der Waals surface area contributed by atoms with Gasteiger partial charge in [-0.1, -0.05) is 29.3 Å². The van der Waals surface area contributed by atoms with E-state index in [-0.39, 0.29) is 22.3 Å². The summed E-state index contributed by atoms with van der Waals surface area (Å²) in [4.78, 5) is 48.7. The highest BCUT2D eigenvalue weighted by atomic mass is 35.5. The minimum atomic E-state index is -1.03. The summed E-state index contributed by atoms with van der Waals surface area (Å²) in [7, 11) is 0. The van der Waals surface area contributed by atoms with E-state index in [2.05, 4.69) is 5.32 Å². The SMILES string of the molecule is CCN1C(=O)C(=O)N(CC(=O)Nc2c(Cl)ccc(C)c2Cl)C1=O. The number of carbonyl (C=O) groups is 4. The molecule has 1 fully saturated rings. The zero-order valence-electron chi connectivity index (χ0n) is 12.4. The van der Waals surface area contributed by atoms with Gasteiger partial charge in [0.15, 0.2) is 0 Å². The number of nitrogens with zero attached hydrogens (tertiary/aromatic N) is 2. The summed E-state index contributed by atoms with van der Waals surface area (Å²) in [6.45, 7) is 2.75. The van der Waals surface area contributed by atoms with Crippen LogP contribution >= 0.6 is 23.2 Å². The number of nitrogens with one attached hydrogen (secondary N) is 1. The molecule has 2 rings (SSSR count). The van der Waals surface area contributed by atoms with Gasteiger partial charge in [-0.15, -0.1) is 0 Å². The van der Waals surface area contributed by atoms with Crippen molar-refractivity contribution in [2.24, 2.45) is 0 Å². The molecule has 0 saturated carbocycles. The molecule has 0 bridgehead atoms. The van der Waals surface area contributed by atoms with E-state index in [9.17, 15) is 19.2 Å². The largest absolute Gasteiger partial charge is 0.334 e. The highest BCUT2D eigenvalue weighted by molar-refractivity contribution is 6.45. The summed E-state index contributed by atoms with van der Waals surface area (Å²) in [6.07, 6.45) is 0. The lowest BCUT2D eigenvalue weighted by atomic mass is 10.2. The summed E-state index contributed by atoms with van der Waals surface area (Å²) in [5, 5.41) is 2.94. The second kappa shape index (κ2) is 6.55. The third-order valence-corrected chi connectivity index (χ3v) is 4.10. The fourth-order valence-corrected chi connectivity index (χ4v) is 2.53. The topological polar surface area (TPSA) is 86.8 Å². The van der Waals surface area contributed by atoms with Crippen LogP contribution in [0.2, 0.25) is 10.0 Å². The lowest BCUT2D eigenvalue weighted by Gasteiger charge is -2.15. The van der Waals surface area contributed by atoms with Crippen molar-refractivity contribution in [3.63, 3.8) is 0 Å². The Hall–Kier alpha value is -2.12. The van der Waals surface area contributed by atoms with E-state index < -0.39 is 30.3 Å². The van der Waals surface area contributed by atoms with Gasteiger partial charge in [-0.25, -0.2) is 9.69 Å². The molecule has 9 heteroatoms. The highest BCUT2D eigenvalue weighted by Gasteiger charge is 2.44. The minimum Gasteiger partial charge on any atom is -0.322 e. The average molecular weight is 358 g/mol. The number of amides is 5. The molecule has 122 valence electrons. The predicted octanol–water partition coefficient (Wildman–Crippen LogP) is 2.05. The van der Waals surface area contributed by atoms with Gasteiger partial charge in [0.05, 0.1) is 15.7 Å². The Morgan fingerprint density at radius 2 is 1.74 bits per heavy atom. The first kappa shape index (κ1) is 17.2. The number of hydrogen-bond donors (Lipinski definition) is 1. The second-order valence-electron chi connectivity index (χ2n) is 4.82. The maximum absolute atomic E-state index is 12.1. The molecule has 7 nitrogen and oxygen atoms in total. The van der Waals surface area contributed by atoms with E-state index in [1.165, 1.54) is 0 Å². The average Bonchev–Trinajstić information content (AvgIpc) is 2.71. The maximum atomic E-state index is 12.1. The Bertz CT molecular complexity index is 720. The van der Waals surface area contributed by atoms with Gasteiger partial charge < -0.3 is 5.32 Å². The minimum absolute atomic E-state index is 0.0526. The van der Waals surface area contributed by atoms with E-state index in [0.717, 1.165) is 4.90 Å². The Kier molecular flexibility index (Phi) is 4.91. The van der Waals surface area contributed by atoms with Gasteiger partial charge in [-0.3, -0.25) is 19.3 Å². The first-order valence-electron chi connectivity index (χ1n) is 6.69. The van der Waals surface area contributed by atoms with Gasteiger partial charge >= 0.3 is 17.8 Å². The van der Waals surface area contributed by atoms with E-state index in [1.807, 2.05) is 0 Å². The van der Waals surface area contributed by atoms with Crippen LogP contribution in [0.3, 0.4) is 0 Å². The third-order valence-electron chi connectivity index (χ3n) is 3.30. The van der Waals surface area contributed by atoms with Crippen LogP contribution in [0.5, 0.6) is 0 Å². The monoisotopic (exact) mass is 357 g/mol. The van der Waals surface area contributed by atoms with Crippen LogP contribution in [0.1, 0.15) is 12.5 Å². The van der Waals surface area contributed by atoms with E-state index in [0.29, 0.717) is 10.5 Å². The van der Waals surface area contributed by atoms with Crippen LogP contribution in [0.15, 0.2) is 12.1 Å².